The molecule has 1 saturated carbocycles. The number of aromatic nitrogens is 6. The maximum absolute atomic E-state index is 14.4. The van der Waals surface area contributed by atoms with E-state index in [0.29, 0.717) is 17.3 Å². The van der Waals surface area contributed by atoms with Gasteiger partial charge in [0, 0.05) is 0 Å². The number of carbonyl (C=O) groups excluding carboxylic acids is 1. The number of phenolic OH excluding ortho intramolecular Hbond substituents is 1. The van der Waals surface area contributed by atoms with Crippen molar-refractivity contribution in [1.82, 2.24) is 29.5 Å². The summed E-state index contributed by atoms with van der Waals surface area (Å²) in [5, 5.41) is 16.7. The van der Waals surface area contributed by atoms with Crippen molar-refractivity contribution >= 4 is 34.8 Å². The van der Waals surface area contributed by atoms with Crippen LogP contribution in [0.15, 0.2) is 24.7 Å². The van der Waals surface area contributed by atoms with Crippen molar-refractivity contribution < 1.29 is 14.3 Å². The van der Waals surface area contributed by atoms with Gasteiger partial charge in [0.05, 0.1) is 17.5 Å². The molecule has 4 N–H and O–H groups in total. The Bertz CT molecular complexity index is 1550. The third kappa shape index (κ3) is 3.76. The number of benzene rings is 1. The van der Waals surface area contributed by atoms with Gasteiger partial charge in [0.25, 0.3) is 0 Å². The number of nitrogens with two attached hydrogens (primary N) is 1. The van der Waals surface area contributed by atoms with Gasteiger partial charge in [-0.05, 0) is 37.0 Å². The molecule has 6 rings (SSSR count). The van der Waals surface area contributed by atoms with Crippen LogP contribution in [0.1, 0.15) is 55.8 Å². The van der Waals surface area contributed by atoms with Crippen LogP contribution in [0.3, 0.4) is 0 Å². The van der Waals surface area contributed by atoms with Crippen LogP contribution in [0.4, 0.5) is 16.0 Å². The quantitative estimate of drug-likeness (QED) is 0.364. The van der Waals surface area contributed by atoms with Crippen LogP contribution >= 0.6 is 11.6 Å². The summed E-state index contributed by atoms with van der Waals surface area (Å²) in [5.41, 5.74) is 7.33. The largest absolute Gasteiger partial charge is 0.506 e. The average Bonchev–Trinajstić information content (AvgIpc) is 3.46. The van der Waals surface area contributed by atoms with E-state index in [0.717, 1.165) is 31.0 Å². The minimum Gasteiger partial charge on any atom is -0.506 e. The number of phenols is 1. The van der Waals surface area contributed by atoms with Gasteiger partial charge in [-0.3, -0.25) is 4.79 Å². The van der Waals surface area contributed by atoms with Gasteiger partial charge in [-0.15, -0.1) is 0 Å². The third-order valence-electron chi connectivity index (χ3n) is 7.48. The number of nitrogen functional groups attached to an aromatic ring is 1. The van der Waals surface area contributed by atoms with E-state index in [2.05, 4.69) is 25.4 Å². The third-order valence-corrected chi connectivity index (χ3v) is 7.85. The van der Waals surface area contributed by atoms with Crippen molar-refractivity contribution in [3.63, 3.8) is 0 Å². The van der Waals surface area contributed by atoms with E-state index in [1.165, 1.54) is 31.7 Å². The number of halogens is 2. The summed E-state index contributed by atoms with van der Waals surface area (Å²) >= 11 is 5.77. The number of rotatable bonds is 4. The number of nitrogens with one attached hydrogen (secondary N) is 1. The van der Waals surface area contributed by atoms with Crippen LogP contribution in [0.2, 0.25) is 5.02 Å². The minimum atomic E-state index is -1.45. The Morgan fingerprint density at radius 2 is 2.03 bits per heavy atom. The number of hydrogen-bond acceptors (Lipinski definition) is 8. The Morgan fingerprint density at radius 1 is 1.24 bits per heavy atom. The molecule has 12 heteroatoms. The second-order valence-electron chi connectivity index (χ2n) is 9.84. The van der Waals surface area contributed by atoms with Gasteiger partial charge in [0.2, 0.25) is 5.91 Å². The fourth-order valence-electron chi connectivity index (χ4n) is 5.46. The normalized spacial score (nSPS) is 19.8. The van der Waals surface area contributed by atoms with Crippen molar-refractivity contribution in [1.29, 1.82) is 0 Å². The lowest BCUT2D eigenvalue weighted by molar-refractivity contribution is -0.119. The lowest BCUT2D eigenvalue weighted by atomic mass is 9.77. The summed E-state index contributed by atoms with van der Waals surface area (Å²) in [4.78, 5) is 31.4. The van der Waals surface area contributed by atoms with E-state index in [1.54, 1.807) is 17.6 Å². The monoisotopic (exact) mass is 522 g/mol. The Hall–Kier alpha value is -3.86. The fraction of sp³-hybridized carbons (Fsp3) is 0.360. The predicted molar refractivity (Wildman–Crippen MR) is 135 cm³/mol. The zero-order valence-corrected chi connectivity index (χ0v) is 20.8. The molecule has 0 bridgehead atoms. The molecule has 37 heavy (non-hydrogen) atoms. The molecule has 0 radical (unpaired) electrons. The van der Waals surface area contributed by atoms with Crippen molar-refractivity contribution in [3.8, 4) is 17.3 Å². The van der Waals surface area contributed by atoms with Gasteiger partial charge in [0.1, 0.15) is 45.7 Å². The predicted octanol–water partition coefficient (Wildman–Crippen LogP) is 4.04. The highest BCUT2D eigenvalue weighted by molar-refractivity contribution is 6.32. The van der Waals surface area contributed by atoms with Gasteiger partial charge in [-0.25, -0.2) is 28.8 Å². The molecule has 0 saturated heterocycles. The number of aromatic hydroxyl groups is 1. The minimum absolute atomic E-state index is 0.0324. The van der Waals surface area contributed by atoms with E-state index in [1.807, 2.05) is 0 Å². The van der Waals surface area contributed by atoms with Gasteiger partial charge in [0.15, 0.2) is 11.5 Å². The number of carbonyl (C=O) groups is 1. The molecule has 1 aliphatic carbocycles. The van der Waals surface area contributed by atoms with E-state index in [9.17, 15) is 14.3 Å². The van der Waals surface area contributed by atoms with Crippen LogP contribution in [0.5, 0.6) is 5.75 Å². The van der Waals surface area contributed by atoms with Gasteiger partial charge < -0.3 is 16.2 Å². The summed E-state index contributed by atoms with van der Waals surface area (Å²) in [6, 6.07) is 2.34. The van der Waals surface area contributed by atoms with E-state index in [-0.39, 0.29) is 28.6 Å². The standard InChI is InChI=1S/C25H24ClFN8O2/c1-25(13-8-14(27)19(26)17(36)9-13)18-20(28)32-21(33-22(18)34-24(25)37)16-10-35-23(29-11-30-35)15(31-16)7-12-5-3-2-4-6-12/h8-12,36H,2-7H2,1H3,(H3,28,32,33,34,37). The lowest BCUT2D eigenvalue weighted by Gasteiger charge is -2.24. The van der Waals surface area contributed by atoms with Crippen LogP contribution in [-0.4, -0.2) is 40.6 Å². The summed E-state index contributed by atoms with van der Waals surface area (Å²) in [6.07, 6.45) is 9.93. The SMILES string of the molecule is CC1(c2cc(O)c(Cl)c(F)c2)C(=O)Nc2nc(-c3cn4ncnc4c(CC4CCCCC4)n3)nc(N)c21. The molecule has 1 atom stereocenters. The average molecular weight is 523 g/mol. The zero-order chi connectivity index (χ0) is 25.9. The molecule has 1 aromatic carbocycles. The second kappa shape index (κ2) is 8.62. The van der Waals surface area contributed by atoms with E-state index < -0.39 is 27.9 Å². The highest BCUT2D eigenvalue weighted by atomic mass is 35.5. The molecule has 0 spiro atoms. The van der Waals surface area contributed by atoms with E-state index in [4.69, 9.17) is 22.3 Å². The van der Waals surface area contributed by atoms with Crippen molar-refractivity contribution in [2.75, 3.05) is 11.1 Å². The Kier molecular flexibility index (Phi) is 5.48. The lowest BCUT2D eigenvalue weighted by Crippen LogP contribution is -2.33. The first-order valence-electron chi connectivity index (χ1n) is 12.1. The second-order valence-corrected chi connectivity index (χ2v) is 10.2. The maximum Gasteiger partial charge on any atom is 0.240 e. The molecular weight excluding hydrogens is 499 g/mol. The number of fused-ring (bicyclic) bond motifs is 2. The Morgan fingerprint density at radius 3 is 2.78 bits per heavy atom. The topological polar surface area (TPSA) is 144 Å². The van der Waals surface area contributed by atoms with Crippen LogP contribution in [0.25, 0.3) is 17.2 Å². The van der Waals surface area contributed by atoms with Crippen LogP contribution in [-0.2, 0) is 16.6 Å². The molecule has 1 amide bonds. The summed E-state index contributed by atoms with van der Waals surface area (Å²) in [6.45, 7) is 1.57. The Labute approximate surface area is 216 Å². The molecular formula is C25H24ClFN8O2. The molecule has 3 aromatic heterocycles. The summed E-state index contributed by atoms with van der Waals surface area (Å²) in [7, 11) is 0. The molecule has 1 fully saturated rings. The molecule has 4 heterocycles. The van der Waals surface area contributed by atoms with Gasteiger partial charge in [-0.2, -0.15) is 5.10 Å². The molecule has 190 valence electrons. The number of amides is 1. The van der Waals surface area contributed by atoms with Crippen molar-refractivity contribution in [2.45, 2.75) is 50.9 Å². The zero-order valence-electron chi connectivity index (χ0n) is 20.0. The number of hydrogen-bond donors (Lipinski definition) is 3. The summed E-state index contributed by atoms with van der Waals surface area (Å²) < 4.78 is 16.0. The molecule has 10 nitrogen and oxygen atoms in total. The highest BCUT2D eigenvalue weighted by Crippen LogP contribution is 2.46. The van der Waals surface area contributed by atoms with Crippen molar-refractivity contribution in [3.05, 3.63) is 52.3 Å². The van der Waals surface area contributed by atoms with Gasteiger partial charge in [-0.1, -0.05) is 43.7 Å². The van der Waals surface area contributed by atoms with Gasteiger partial charge >= 0.3 is 0 Å². The fourth-order valence-corrected chi connectivity index (χ4v) is 5.57. The molecule has 4 aromatic rings. The van der Waals surface area contributed by atoms with Crippen LogP contribution in [0, 0.1) is 11.7 Å². The number of nitrogens with zero attached hydrogens (tertiary/aromatic N) is 6. The Balaban J connectivity index is 1.44. The highest BCUT2D eigenvalue weighted by Gasteiger charge is 2.48. The first-order valence-corrected chi connectivity index (χ1v) is 12.5. The van der Waals surface area contributed by atoms with E-state index >= 15 is 0 Å². The van der Waals surface area contributed by atoms with Crippen molar-refractivity contribution in [2.24, 2.45) is 5.92 Å². The number of anilines is 2. The molecule has 2 aliphatic rings. The summed E-state index contributed by atoms with van der Waals surface area (Å²) in [5.74, 6) is -0.854. The first kappa shape index (κ1) is 23.5. The first-order chi connectivity index (χ1) is 17.8. The van der Waals surface area contributed by atoms with Crippen LogP contribution < -0.4 is 11.1 Å². The maximum atomic E-state index is 14.4. The smallest absolute Gasteiger partial charge is 0.240 e. The molecule has 1 aliphatic heterocycles. The molecule has 1 unspecified atom stereocenters.